The highest BCUT2D eigenvalue weighted by Gasteiger charge is 2.28. The van der Waals surface area contributed by atoms with Crippen LogP contribution in [0.2, 0.25) is 0 Å². The minimum Gasteiger partial charge on any atom is -0.438 e. The third-order valence-electron chi connectivity index (χ3n) is 11.4. The molecule has 4 aromatic heterocycles. The lowest BCUT2D eigenvalue weighted by Gasteiger charge is -2.29. The number of hydrogen-bond acceptors (Lipinski definition) is 13. The summed E-state index contributed by atoms with van der Waals surface area (Å²) in [6.07, 6.45) is 13.5. The molecule has 4 heterocycles. The molecule has 0 bridgehead atoms. The van der Waals surface area contributed by atoms with E-state index in [1.807, 2.05) is 24.5 Å². The Balaban J connectivity index is 0.000000207. The minimum absolute atomic E-state index is 0.0149. The van der Waals surface area contributed by atoms with Gasteiger partial charge < -0.3 is 30.7 Å². The smallest absolute Gasteiger partial charge is 0.270 e. The first-order valence-electron chi connectivity index (χ1n) is 22.4. The molecule has 4 amide bonds. The van der Waals surface area contributed by atoms with Crippen molar-refractivity contribution in [2.75, 3.05) is 12.5 Å². The van der Waals surface area contributed by atoms with Crippen molar-refractivity contribution in [3.05, 3.63) is 156 Å². The molecule has 2 aliphatic rings. The van der Waals surface area contributed by atoms with Crippen molar-refractivity contribution < 1.29 is 45.9 Å². The number of pyridine rings is 4. The number of carbonyl (C=O) groups excluding carboxylic acids is 4. The first kappa shape index (κ1) is 50.6. The second kappa shape index (κ2) is 23.8. The third-order valence-corrected chi connectivity index (χ3v) is 13.3. The molecule has 2 aliphatic carbocycles. The maximum absolute atomic E-state index is 13.9. The molecule has 0 aliphatic heterocycles. The van der Waals surface area contributed by atoms with Gasteiger partial charge in [0.15, 0.2) is 9.84 Å². The lowest BCUT2D eigenvalue weighted by Crippen LogP contribution is -2.44. The van der Waals surface area contributed by atoms with Crippen LogP contribution in [0, 0.1) is 11.6 Å². The predicted molar refractivity (Wildman–Crippen MR) is 257 cm³/mol. The normalized spacial score (nSPS) is 17.7. The number of halogens is 2. The van der Waals surface area contributed by atoms with E-state index in [0.29, 0.717) is 55.7 Å². The van der Waals surface area contributed by atoms with E-state index in [4.69, 9.17) is 9.47 Å². The number of rotatable bonds is 14. The standard InChI is InChI=1S/C25H25FN4O5S.C25H25FN4O3S/c1-36(33,34)20-6-4-5-19(14-20)35-25-21(13-16(26)15-28-25)23(31)29-17-8-10-18(11-9-17)30-24(32)22-7-2-3-12-27-22;1-34-20-6-4-5-19(14-20)33-25-21(13-16(26)15-28-25)23(31)29-17-8-10-18(11-9-17)30-24(32)22-7-2-3-12-27-22/h2-7,12-15,17-18H,8-11H2,1H3,(H,29,31)(H,30,32);2-7,12-15,17-18H,8-11H2,1H3,(H,29,31)(H,30,32). The quantitative estimate of drug-likeness (QED) is 0.0764. The van der Waals surface area contributed by atoms with E-state index in [1.165, 1.54) is 24.3 Å². The Morgan fingerprint density at radius 3 is 1.36 bits per heavy atom. The number of thioether (sulfide) groups is 1. The van der Waals surface area contributed by atoms with Crippen LogP contribution < -0.4 is 30.7 Å². The van der Waals surface area contributed by atoms with Crippen molar-refractivity contribution in [3.63, 3.8) is 0 Å². The lowest BCUT2D eigenvalue weighted by atomic mass is 9.91. The van der Waals surface area contributed by atoms with Gasteiger partial charge in [-0.2, -0.15) is 0 Å². The molecule has 20 heteroatoms. The number of hydrogen-bond donors (Lipinski definition) is 4. The van der Waals surface area contributed by atoms with Gasteiger partial charge in [-0.3, -0.25) is 29.1 Å². The Hall–Kier alpha value is -7.32. The van der Waals surface area contributed by atoms with E-state index >= 15 is 0 Å². The molecule has 0 unspecified atom stereocenters. The average molecular weight is 993 g/mol. The molecule has 364 valence electrons. The molecule has 2 aromatic carbocycles. The summed E-state index contributed by atoms with van der Waals surface area (Å²) in [4.78, 5) is 67.6. The molecule has 0 atom stereocenters. The average Bonchev–Trinajstić information content (AvgIpc) is 3.36. The second-order valence-electron chi connectivity index (χ2n) is 16.6. The van der Waals surface area contributed by atoms with Gasteiger partial charge in [-0.05, 0) is 130 Å². The number of sulfone groups is 1. The number of amides is 4. The van der Waals surface area contributed by atoms with Gasteiger partial charge in [0, 0.05) is 47.7 Å². The molecule has 6 aromatic rings. The number of aromatic nitrogens is 4. The summed E-state index contributed by atoms with van der Waals surface area (Å²) >= 11 is 1.56. The van der Waals surface area contributed by atoms with Gasteiger partial charge in [-0.15, -0.1) is 11.8 Å². The van der Waals surface area contributed by atoms with Crippen LogP contribution in [0.5, 0.6) is 23.3 Å². The fraction of sp³-hybridized carbons (Fsp3) is 0.280. The van der Waals surface area contributed by atoms with Crippen LogP contribution in [0.1, 0.15) is 93.1 Å². The molecule has 4 N–H and O–H groups in total. The zero-order chi connectivity index (χ0) is 49.6. The number of carbonyl (C=O) groups is 4. The fourth-order valence-electron chi connectivity index (χ4n) is 7.80. The molecular weight excluding hydrogens is 943 g/mol. The first-order chi connectivity index (χ1) is 33.7. The van der Waals surface area contributed by atoms with Crippen molar-refractivity contribution in [2.45, 2.75) is 85.3 Å². The van der Waals surface area contributed by atoms with Crippen LogP contribution in [0.3, 0.4) is 0 Å². The minimum atomic E-state index is -3.47. The van der Waals surface area contributed by atoms with E-state index < -0.39 is 33.3 Å². The van der Waals surface area contributed by atoms with Crippen molar-refractivity contribution in [1.29, 1.82) is 0 Å². The Morgan fingerprint density at radius 2 is 0.957 bits per heavy atom. The summed E-state index contributed by atoms with van der Waals surface area (Å²) in [6.45, 7) is 0. The molecule has 2 fully saturated rings. The molecule has 0 radical (unpaired) electrons. The van der Waals surface area contributed by atoms with Gasteiger partial charge in [0.2, 0.25) is 11.8 Å². The van der Waals surface area contributed by atoms with Crippen molar-refractivity contribution in [1.82, 2.24) is 41.2 Å². The topological polar surface area (TPSA) is 221 Å². The van der Waals surface area contributed by atoms with Crippen LogP contribution >= 0.6 is 11.8 Å². The van der Waals surface area contributed by atoms with Gasteiger partial charge >= 0.3 is 0 Å². The highest BCUT2D eigenvalue weighted by molar-refractivity contribution is 7.98. The maximum Gasteiger partial charge on any atom is 0.270 e. The van der Waals surface area contributed by atoms with E-state index in [-0.39, 0.29) is 69.5 Å². The number of nitrogens with one attached hydrogen (secondary N) is 4. The summed E-state index contributed by atoms with van der Waals surface area (Å²) < 4.78 is 63.0. The van der Waals surface area contributed by atoms with E-state index in [0.717, 1.165) is 48.5 Å². The van der Waals surface area contributed by atoms with Crippen LogP contribution in [-0.4, -0.2) is 88.7 Å². The fourth-order valence-corrected chi connectivity index (χ4v) is 8.91. The van der Waals surface area contributed by atoms with Gasteiger partial charge in [0.25, 0.3) is 23.6 Å². The number of nitrogens with zero attached hydrogens (tertiary/aromatic N) is 4. The van der Waals surface area contributed by atoms with Gasteiger partial charge in [0.05, 0.1) is 17.3 Å². The number of ether oxygens (including phenoxy) is 2. The molecule has 2 saturated carbocycles. The number of benzene rings is 2. The van der Waals surface area contributed by atoms with Gasteiger partial charge in [-0.25, -0.2) is 27.2 Å². The maximum atomic E-state index is 13.9. The molecule has 8 rings (SSSR count). The summed E-state index contributed by atoms with van der Waals surface area (Å²) in [5.74, 6) is -2.19. The molecule has 0 spiro atoms. The Kier molecular flexibility index (Phi) is 17.2. The SMILES string of the molecule is CS(=O)(=O)c1cccc(Oc2ncc(F)cc2C(=O)NC2CCC(NC(=O)c3ccccn3)CC2)c1.CSc1cccc(Oc2ncc(F)cc2C(=O)NC2CCC(NC(=O)c3ccccn3)CC2)c1. The van der Waals surface area contributed by atoms with Gasteiger partial charge in [-0.1, -0.05) is 24.3 Å². The summed E-state index contributed by atoms with van der Waals surface area (Å²) in [5.41, 5.74) is 0.665. The van der Waals surface area contributed by atoms with E-state index in [1.54, 1.807) is 66.6 Å². The van der Waals surface area contributed by atoms with Crippen molar-refractivity contribution in [2.24, 2.45) is 0 Å². The predicted octanol–water partition coefficient (Wildman–Crippen LogP) is 7.88. The molecule has 16 nitrogen and oxygen atoms in total. The lowest BCUT2D eigenvalue weighted by molar-refractivity contribution is 0.0887. The second-order valence-corrected chi connectivity index (χ2v) is 19.5. The Morgan fingerprint density at radius 1 is 0.543 bits per heavy atom. The highest BCUT2D eigenvalue weighted by Crippen LogP contribution is 2.29. The molecule has 70 heavy (non-hydrogen) atoms. The Labute approximate surface area is 407 Å². The van der Waals surface area contributed by atoms with E-state index in [9.17, 15) is 36.4 Å². The Bertz CT molecular complexity index is 2910. The monoisotopic (exact) mass is 992 g/mol. The van der Waals surface area contributed by atoms with Crippen molar-refractivity contribution >= 4 is 45.2 Å². The van der Waals surface area contributed by atoms with Crippen LogP contribution in [0.4, 0.5) is 8.78 Å². The van der Waals surface area contributed by atoms with Crippen LogP contribution in [0.25, 0.3) is 0 Å². The molecular formula is C50H50F2N8O8S2. The van der Waals surface area contributed by atoms with Crippen LogP contribution in [0.15, 0.2) is 132 Å². The third kappa shape index (κ3) is 14.4. The zero-order valence-electron chi connectivity index (χ0n) is 38.1. The largest absolute Gasteiger partial charge is 0.438 e. The van der Waals surface area contributed by atoms with Crippen molar-refractivity contribution in [3.8, 4) is 23.3 Å². The van der Waals surface area contributed by atoms with Crippen LogP contribution in [-0.2, 0) is 9.84 Å². The first-order valence-corrected chi connectivity index (χ1v) is 25.5. The van der Waals surface area contributed by atoms with Gasteiger partial charge in [0.1, 0.15) is 45.6 Å². The zero-order valence-corrected chi connectivity index (χ0v) is 39.8. The molecule has 0 saturated heterocycles. The van der Waals surface area contributed by atoms with E-state index in [2.05, 4.69) is 41.2 Å². The highest BCUT2D eigenvalue weighted by atomic mass is 32.2. The summed E-state index contributed by atoms with van der Waals surface area (Å²) in [5, 5.41) is 11.8. The summed E-state index contributed by atoms with van der Waals surface area (Å²) in [6, 6.07) is 25.3. The summed E-state index contributed by atoms with van der Waals surface area (Å²) in [7, 11) is -3.47.